The van der Waals surface area contributed by atoms with Gasteiger partial charge in [-0.2, -0.15) is 18.4 Å². The first kappa shape index (κ1) is 28.2. The maximum absolute atomic E-state index is 13.5. The summed E-state index contributed by atoms with van der Waals surface area (Å²) in [5, 5.41) is 14.6. The van der Waals surface area contributed by atoms with E-state index in [-0.39, 0.29) is 39.2 Å². The van der Waals surface area contributed by atoms with Crippen LogP contribution in [0.4, 0.5) is 17.6 Å². The molecular formula is C29H23F4N3O4. The van der Waals surface area contributed by atoms with E-state index in [1.807, 2.05) is 6.07 Å². The molecule has 2 amide bonds. The van der Waals surface area contributed by atoms with Crippen molar-refractivity contribution < 1.29 is 36.3 Å². The summed E-state index contributed by atoms with van der Waals surface area (Å²) in [6.45, 7) is 1.43. The SMILES string of the molecule is CNC(=O)c1c(-c2ccc(F)cc2)oc2cc(OCC(F)(F)F)c(-c3cccc(C(=O)NC(C)(C)C#N)c3)cc12. The largest absolute Gasteiger partial charge is 0.483 e. The molecule has 4 rings (SSSR count). The van der Waals surface area contributed by atoms with Crippen LogP contribution in [0.5, 0.6) is 5.75 Å². The molecule has 0 radical (unpaired) electrons. The van der Waals surface area contributed by atoms with Gasteiger partial charge in [0.15, 0.2) is 6.61 Å². The van der Waals surface area contributed by atoms with Crippen molar-refractivity contribution in [3.63, 3.8) is 0 Å². The third-order valence-electron chi connectivity index (χ3n) is 5.88. The number of nitrogens with one attached hydrogen (secondary N) is 2. The second-order valence-corrected chi connectivity index (χ2v) is 9.41. The molecule has 0 saturated heterocycles. The van der Waals surface area contributed by atoms with Crippen molar-refractivity contribution in [2.45, 2.75) is 25.6 Å². The van der Waals surface area contributed by atoms with E-state index >= 15 is 0 Å². The van der Waals surface area contributed by atoms with E-state index in [0.29, 0.717) is 11.1 Å². The van der Waals surface area contributed by atoms with E-state index in [4.69, 9.17) is 9.15 Å². The third-order valence-corrected chi connectivity index (χ3v) is 5.88. The van der Waals surface area contributed by atoms with Crippen LogP contribution in [0, 0.1) is 17.1 Å². The lowest BCUT2D eigenvalue weighted by Gasteiger charge is -2.18. The van der Waals surface area contributed by atoms with Crippen LogP contribution in [0.1, 0.15) is 34.6 Å². The molecule has 7 nitrogen and oxygen atoms in total. The Morgan fingerprint density at radius 2 is 1.70 bits per heavy atom. The fourth-order valence-corrected chi connectivity index (χ4v) is 4.00. The molecule has 40 heavy (non-hydrogen) atoms. The van der Waals surface area contributed by atoms with Gasteiger partial charge in [0.25, 0.3) is 11.8 Å². The van der Waals surface area contributed by atoms with Crippen LogP contribution < -0.4 is 15.4 Å². The Kier molecular flexibility index (Phi) is 7.55. The number of nitriles is 1. The van der Waals surface area contributed by atoms with E-state index in [9.17, 15) is 32.4 Å². The van der Waals surface area contributed by atoms with Crippen LogP contribution in [0.15, 0.2) is 65.1 Å². The summed E-state index contributed by atoms with van der Waals surface area (Å²) in [5.74, 6) is -1.74. The molecule has 0 aliphatic carbocycles. The standard InChI is InChI=1S/C29H23F4N3O4/c1-28(2,14-34)36-26(37)18-6-4-5-17(11-18)20-12-21-23(13-22(20)39-15-29(31,32)33)40-25(24(21)27(38)35-3)16-7-9-19(30)10-8-16/h4-13H,15H2,1-3H3,(H,35,38)(H,36,37). The van der Waals surface area contributed by atoms with Gasteiger partial charge in [0.05, 0.1) is 11.6 Å². The van der Waals surface area contributed by atoms with Crippen LogP contribution in [-0.4, -0.2) is 37.2 Å². The zero-order chi connectivity index (χ0) is 29.2. The molecule has 0 aliphatic heterocycles. The molecule has 3 aromatic carbocycles. The van der Waals surface area contributed by atoms with E-state index in [0.717, 1.165) is 0 Å². The number of hydrogen-bond acceptors (Lipinski definition) is 5. The number of hydrogen-bond donors (Lipinski definition) is 2. The van der Waals surface area contributed by atoms with Gasteiger partial charge in [0, 0.05) is 35.2 Å². The second-order valence-electron chi connectivity index (χ2n) is 9.41. The van der Waals surface area contributed by atoms with Gasteiger partial charge in [-0.05, 0) is 61.9 Å². The molecule has 206 valence electrons. The van der Waals surface area contributed by atoms with E-state index in [1.165, 1.54) is 75.5 Å². The molecule has 0 saturated carbocycles. The number of halogens is 4. The second kappa shape index (κ2) is 10.7. The Hall–Kier alpha value is -4.85. The number of rotatable bonds is 7. The smallest absolute Gasteiger partial charge is 0.422 e. The maximum Gasteiger partial charge on any atom is 0.422 e. The predicted molar refractivity (Wildman–Crippen MR) is 139 cm³/mol. The average Bonchev–Trinajstić information content (AvgIpc) is 3.29. The van der Waals surface area contributed by atoms with Gasteiger partial charge >= 0.3 is 6.18 Å². The number of ether oxygens (including phenoxy) is 1. The Balaban J connectivity index is 1.92. The normalized spacial score (nSPS) is 11.7. The Morgan fingerprint density at radius 1 is 1.00 bits per heavy atom. The fraction of sp³-hybridized carbons (Fsp3) is 0.207. The zero-order valence-corrected chi connectivity index (χ0v) is 21.6. The van der Waals surface area contributed by atoms with Crippen LogP contribution in [-0.2, 0) is 0 Å². The number of benzene rings is 3. The highest BCUT2D eigenvalue weighted by atomic mass is 19.4. The summed E-state index contributed by atoms with van der Waals surface area (Å²) in [4.78, 5) is 25.7. The molecule has 0 unspecified atom stereocenters. The molecule has 0 atom stereocenters. The fourth-order valence-electron chi connectivity index (χ4n) is 4.00. The van der Waals surface area contributed by atoms with Gasteiger partial charge in [-0.15, -0.1) is 0 Å². The Bertz CT molecular complexity index is 1630. The van der Waals surface area contributed by atoms with E-state index < -0.39 is 36.0 Å². The number of nitrogens with zero attached hydrogens (tertiary/aromatic N) is 1. The lowest BCUT2D eigenvalue weighted by Crippen LogP contribution is -2.42. The number of carbonyl (C=O) groups excluding carboxylic acids is 2. The number of amides is 2. The lowest BCUT2D eigenvalue weighted by atomic mass is 9.97. The van der Waals surface area contributed by atoms with E-state index in [1.54, 1.807) is 6.07 Å². The van der Waals surface area contributed by atoms with Gasteiger partial charge in [0.1, 0.15) is 28.4 Å². The first-order valence-corrected chi connectivity index (χ1v) is 11.9. The van der Waals surface area contributed by atoms with Crippen molar-refractivity contribution in [3.8, 4) is 34.3 Å². The Labute approximate surface area is 226 Å². The van der Waals surface area contributed by atoms with Crippen LogP contribution in [0.25, 0.3) is 33.4 Å². The molecule has 0 aliphatic rings. The molecule has 11 heteroatoms. The molecule has 1 aromatic heterocycles. The predicted octanol–water partition coefficient (Wildman–Crippen LogP) is 6.24. The van der Waals surface area contributed by atoms with Crippen molar-refractivity contribution in [1.82, 2.24) is 10.6 Å². The summed E-state index contributed by atoms with van der Waals surface area (Å²) in [5.41, 5.74) is -0.0387. The molecule has 4 aromatic rings. The zero-order valence-electron chi connectivity index (χ0n) is 21.6. The van der Waals surface area contributed by atoms with Gasteiger partial charge in [-0.3, -0.25) is 9.59 Å². The summed E-state index contributed by atoms with van der Waals surface area (Å²) in [6.07, 6.45) is -4.65. The summed E-state index contributed by atoms with van der Waals surface area (Å²) >= 11 is 0. The number of furan rings is 1. The van der Waals surface area contributed by atoms with Crippen LogP contribution in [0.3, 0.4) is 0 Å². The molecule has 0 spiro atoms. The van der Waals surface area contributed by atoms with Gasteiger partial charge in [0.2, 0.25) is 0 Å². The summed E-state index contributed by atoms with van der Waals surface area (Å²) in [6, 6.07) is 15.8. The van der Waals surface area contributed by atoms with Crippen LogP contribution in [0.2, 0.25) is 0 Å². The first-order chi connectivity index (χ1) is 18.8. The third kappa shape index (κ3) is 6.07. The lowest BCUT2D eigenvalue weighted by molar-refractivity contribution is -0.153. The molecule has 0 fully saturated rings. The number of fused-ring (bicyclic) bond motifs is 1. The van der Waals surface area contributed by atoms with E-state index in [2.05, 4.69) is 10.6 Å². The number of carbonyl (C=O) groups is 2. The van der Waals surface area contributed by atoms with Gasteiger partial charge in [-0.25, -0.2) is 4.39 Å². The van der Waals surface area contributed by atoms with Gasteiger partial charge in [-0.1, -0.05) is 12.1 Å². The summed E-state index contributed by atoms with van der Waals surface area (Å²) < 4.78 is 63.9. The topological polar surface area (TPSA) is 104 Å². The highest BCUT2D eigenvalue weighted by Crippen LogP contribution is 2.41. The van der Waals surface area contributed by atoms with Crippen molar-refractivity contribution in [3.05, 3.63) is 77.6 Å². The average molecular weight is 554 g/mol. The minimum absolute atomic E-state index is 0.0588. The number of alkyl halides is 3. The highest BCUT2D eigenvalue weighted by molar-refractivity contribution is 6.12. The van der Waals surface area contributed by atoms with Crippen LogP contribution >= 0.6 is 0 Å². The Morgan fingerprint density at radius 3 is 2.33 bits per heavy atom. The molecular weight excluding hydrogens is 530 g/mol. The minimum Gasteiger partial charge on any atom is -0.483 e. The van der Waals surface area contributed by atoms with Crippen molar-refractivity contribution >= 4 is 22.8 Å². The minimum atomic E-state index is -4.65. The molecule has 2 N–H and O–H groups in total. The van der Waals surface area contributed by atoms with Crippen molar-refractivity contribution in [2.75, 3.05) is 13.7 Å². The van der Waals surface area contributed by atoms with Gasteiger partial charge < -0.3 is 19.8 Å². The monoisotopic (exact) mass is 553 g/mol. The summed E-state index contributed by atoms with van der Waals surface area (Å²) in [7, 11) is 1.40. The molecule has 0 bridgehead atoms. The highest BCUT2D eigenvalue weighted by Gasteiger charge is 2.30. The van der Waals surface area contributed by atoms with Crippen molar-refractivity contribution in [1.29, 1.82) is 5.26 Å². The quantitative estimate of drug-likeness (QED) is 0.264. The van der Waals surface area contributed by atoms with Crippen molar-refractivity contribution in [2.24, 2.45) is 0 Å². The first-order valence-electron chi connectivity index (χ1n) is 11.9. The maximum atomic E-state index is 13.5. The molecule has 1 heterocycles.